The summed E-state index contributed by atoms with van der Waals surface area (Å²) in [6, 6.07) is 4.89. The molecule has 1 N–H and O–H groups in total. The van der Waals surface area contributed by atoms with Crippen LogP contribution in [0.25, 0.3) is 0 Å². The topological polar surface area (TPSA) is 89.5 Å². The molecule has 120 valence electrons. The van der Waals surface area contributed by atoms with Gasteiger partial charge in [-0.25, -0.2) is 13.2 Å². The zero-order valence-electron chi connectivity index (χ0n) is 12.6. The summed E-state index contributed by atoms with van der Waals surface area (Å²) in [5, 5.41) is 2.57. The lowest BCUT2D eigenvalue weighted by Gasteiger charge is -2.12. The Bertz CT molecular complexity index is 696. The van der Waals surface area contributed by atoms with Crippen LogP contribution in [-0.4, -0.2) is 44.4 Å². The third-order valence-electron chi connectivity index (χ3n) is 3.76. The lowest BCUT2D eigenvalue weighted by Crippen LogP contribution is -2.38. The summed E-state index contributed by atoms with van der Waals surface area (Å²) in [6.45, 7) is 3.29. The number of hydrogen-bond donors (Lipinski definition) is 1. The summed E-state index contributed by atoms with van der Waals surface area (Å²) in [6.07, 6.45) is 0.402. The molecule has 1 aliphatic rings. The summed E-state index contributed by atoms with van der Waals surface area (Å²) in [5.41, 5.74) is 2.21. The van der Waals surface area contributed by atoms with E-state index in [0.717, 1.165) is 11.1 Å². The van der Waals surface area contributed by atoms with Crippen molar-refractivity contribution in [2.45, 2.75) is 26.3 Å². The van der Waals surface area contributed by atoms with Crippen molar-refractivity contribution < 1.29 is 22.7 Å². The van der Waals surface area contributed by atoms with Crippen LogP contribution in [0.4, 0.5) is 0 Å². The summed E-state index contributed by atoms with van der Waals surface area (Å²) in [4.78, 5) is 23.7. The van der Waals surface area contributed by atoms with Gasteiger partial charge in [-0.05, 0) is 37.5 Å². The van der Waals surface area contributed by atoms with Crippen molar-refractivity contribution in [1.29, 1.82) is 0 Å². The first-order valence-electron chi connectivity index (χ1n) is 7.01. The minimum absolute atomic E-state index is 0.0519. The number of carbonyl (C=O) groups excluding carboxylic acids is 2. The Balaban J connectivity index is 1.86. The molecule has 0 unspecified atom stereocenters. The van der Waals surface area contributed by atoms with Gasteiger partial charge in [0.2, 0.25) is 0 Å². The van der Waals surface area contributed by atoms with Crippen LogP contribution in [0.15, 0.2) is 18.2 Å². The van der Waals surface area contributed by atoms with Gasteiger partial charge in [-0.15, -0.1) is 0 Å². The minimum Gasteiger partial charge on any atom is -0.452 e. The van der Waals surface area contributed by atoms with E-state index in [1.165, 1.54) is 0 Å². The minimum atomic E-state index is -3.05. The quantitative estimate of drug-likeness (QED) is 0.826. The number of carbonyl (C=O) groups is 2. The summed E-state index contributed by atoms with van der Waals surface area (Å²) in [5.74, 6) is -1.01. The fourth-order valence-electron chi connectivity index (χ4n) is 2.36. The van der Waals surface area contributed by atoms with Crippen molar-refractivity contribution in [2.24, 2.45) is 0 Å². The molecule has 7 heteroatoms. The van der Waals surface area contributed by atoms with Gasteiger partial charge in [-0.2, -0.15) is 0 Å². The first-order valence-corrected chi connectivity index (χ1v) is 8.84. The Kier molecular flexibility index (Phi) is 4.85. The van der Waals surface area contributed by atoms with Crippen molar-refractivity contribution in [2.75, 3.05) is 18.1 Å². The molecule has 22 heavy (non-hydrogen) atoms. The zero-order chi connectivity index (χ0) is 16.3. The van der Waals surface area contributed by atoms with E-state index in [0.29, 0.717) is 12.0 Å². The molecule has 0 bridgehead atoms. The molecule has 1 aromatic rings. The van der Waals surface area contributed by atoms with Crippen LogP contribution >= 0.6 is 0 Å². The van der Waals surface area contributed by atoms with E-state index in [9.17, 15) is 18.0 Å². The number of hydrogen-bond acceptors (Lipinski definition) is 5. The molecular formula is C15H19NO5S. The van der Waals surface area contributed by atoms with Crippen molar-refractivity contribution in [3.8, 4) is 0 Å². The van der Waals surface area contributed by atoms with Crippen LogP contribution in [0.2, 0.25) is 0 Å². The van der Waals surface area contributed by atoms with Gasteiger partial charge in [0.25, 0.3) is 5.91 Å². The molecule has 6 nitrogen and oxygen atoms in total. The number of ether oxygens (including phenoxy) is 1. The van der Waals surface area contributed by atoms with Crippen molar-refractivity contribution in [3.63, 3.8) is 0 Å². The van der Waals surface area contributed by atoms with Gasteiger partial charge in [-0.3, -0.25) is 4.79 Å². The van der Waals surface area contributed by atoms with Crippen molar-refractivity contribution in [1.82, 2.24) is 5.32 Å². The smallest absolute Gasteiger partial charge is 0.338 e. The van der Waals surface area contributed by atoms with Gasteiger partial charge in [-0.1, -0.05) is 12.1 Å². The second-order valence-corrected chi connectivity index (χ2v) is 7.72. The maximum absolute atomic E-state index is 12.0. The van der Waals surface area contributed by atoms with E-state index in [2.05, 4.69) is 5.32 Å². The molecule has 0 aromatic heterocycles. The highest BCUT2D eigenvalue weighted by molar-refractivity contribution is 7.91. The second kappa shape index (κ2) is 6.48. The molecule has 1 heterocycles. The molecule has 1 aliphatic heterocycles. The van der Waals surface area contributed by atoms with E-state index in [1.54, 1.807) is 12.1 Å². The van der Waals surface area contributed by atoms with Gasteiger partial charge < -0.3 is 10.1 Å². The normalized spacial score (nSPS) is 19.6. The highest BCUT2D eigenvalue weighted by Crippen LogP contribution is 2.14. The predicted molar refractivity (Wildman–Crippen MR) is 81.4 cm³/mol. The number of benzene rings is 1. The third kappa shape index (κ3) is 4.07. The van der Waals surface area contributed by atoms with E-state index < -0.39 is 34.4 Å². The summed E-state index contributed by atoms with van der Waals surface area (Å²) < 4.78 is 27.6. The maximum atomic E-state index is 12.0. The largest absolute Gasteiger partial charge is 0.452 e. The molecular weight excluding hydrogens is 306 g/mol. The lowest BCUT2D eigenvalue weighted by molar-refractivity contribution is -0.124. The van der Waals surface area contributed by atoms with Crippen LogP contribution in [0.3, 0.4) is 0 Å². The van der Waals surface area contributed by atoms with Crippen LogP contribution < -0.4 is 5.32 Å². The van der Waals surface area contributed by atoms with Gasteiger partial charge in [0.05, 0.1) is 17.1 Å². The first-order chi connectivity index (χ1) is 10.3. The highest BCUT2D eigenvalue weighted by atomic mass is 32.2. The molecule has 2 rings (SSSR count). The third-order valence-corrected chi connectivity index (χ3v) is 5.52. The Morgan fingerprint density at radius 2 is 2.05 bits per heavy atom. The van der Waals surface area contributed by atoms with Crippen LogP contribution in [0, 0.1) is 13.8 Å². The fraction of sp³-hybridized carbons (Fsp3) is 0.467. The monoisotopic (exact) mass is 325 g/mol. The van der Waals surface area contributed by atoms with Gasteiger partial charge in [0, 0.05) is 6.04 Å². The number of aryl methyl sites for hydroxylation is 1. The van der Waals surface area contributed by atoms with Crippen molar-refractivity contribution in [3.05, 3.63) is 34.9 Å². The molecule has 1 fully saturated rings. The summed E-state index contributed by atoms with van der Waals surface area (Å²) >= 11 is 0. The summed E-state index contributed by atoms with van der Waals surface area (Å²) in [7, 11) is -3.05. The number of nitrogens with one attached hydrogen (secondary N) is 1. The van der Waals surface area contributed by atoms with E-state index in [4.69, 9.17) is 4.74 Å². The highest BCUT2D eigenvalue weighted by Gasteiger charge is 2.29. The number of esters is 1. The fourth-order valence-corrected chi connectivity index (χ4v) is 4.03. The van der Waals surface area contributed by atoms with Gasteiger partial charge in [0.1, 0.15) is 0 Å². The number of sulfone groups is 1. The first kappa shape index (κ1) is 16.5. The average molecular weight is 325 g/mol. The molecule has 0 aliphatic carbocycles. The molecule has 0 saturated carbocycles. The Hall–Kier alpha value is -1.89. The van der Waals surface area contributed by atoms with E-state index in [-0.39, 0.29) is 11.5 Å². The Morgan fingerprint density at radius 3 is 2.68 bits per heavy atom. The van der Waals surface area contributed by atoms with E-state index >= 15 is 0 Å². The molecule has 1 amide bonds. The van der Waals surface area contributed by atoms with Crippen LogP contribution in [0.1, 0.15) is 27.9 Å². The average Bonchev–Trinajstić information content (AvgIpc) is 2.78. The van der Waals surface area contributed by atoms with E-state index in [1.807, 2.05) is 19.9 Å². The lowest BCUT2D eigenvalue weighted by atomic mass is 10.0. The SMILES string of the molecule is Cc1cccc(C(=O)OCC(=O)N[C@@H]2CCS(=O)(=O)C2)c1C. The van der Waals surface area contributed by atoms with Gasteiger partial charge >= 0.3 is 5.97 Å². The van der Waals surface area contributed by atoms with Gasteiger partial charge in [0.15, 0.2) is 16.4 Å². The Morgan fingerprint density at radius 1 is 1.32 bits per heavy atom. The molecule has 1 aromatic carbocycles. The maximum Gasteiger partial charge on any atom is 0.338 e. The van der Waals surface area contributed by atoms with Crippen LogP contribution in [0.5, 0.6) is 0 Å². The molecule has 0 spiro atoms. The molecule has 1 atom stereocenters. The predicted octanol–water partition coefficient (Wildman–Crippen LogP) is 0.764. The van der Waals surface area contributed by atoms with Crippen LogP contribution in [-0.2, 0) is 19.4 Å². The molecule has 0 radical (unpaired) electrons. The standard InChI is InChI=1S/C15H19NO5S/c1-10-4-3-5-13(11(10)2)15(18)21-8-14(17)16-12-6-7-22(19,20)9-12/h3-5,12H,6-9H2,1-2H3,(H,16,17)/t12-/m1/s1. The number of rotatable bonds is 4. The Labute approximate surface area is 129 Å². The molecule has 1 saturated heterocycles. The zero-order valence-corrected chi connectivity index (χ0v) is 13.4. The number of amides is 1. The van der Waals surface area contributed by atoms with Crippen molar-refractivity contribution >= 4 is 21.7 Å². The second-order valence-electron chi connectivity index (χ2n) is 5.49.